The first-order chi connectivity index (χ1) is 36.6. The molecule has 6 saturated carbocycles. The number of hydrogen-bond donors (Lipinski definition) is 0. The Morgan fingerprint density at radius 1 is 0.610 bits per heavy atom. The lowest BCUT2D eigenvalue weighted by Crippen LogP contribution is -2.45. The molecule has 456 valence electrons. The Kier molecular flexibility index (Phi) is 33.6. The van der Waals surface area contributed by atoms with Crippen LogP contribution in [0.1, 0.15) is 233 Å². The van der Waals surface area contributed by atoms with E-state index in [1.54, 1.807) is 38.5 Å². The van der Waals surface area contributed by atoms with E-state index in [2.05, 4.69) is 82.7 Å². The van der Waals surface area contributed by atoms with E-state index in [0.29, 0.717) is 41.9 Å². The van der Waals surface area contributed by atoms with Gasteiger partial charge in [-0.05, 0) is 183 Å². The van der Waals surface area contributed by atoms with E-state index in [4.69, 9.17) is 47.4 Å². The summed E-state index contributed by atoms with van der Waals surface area (Å²) in [5, 5.41) is 0. The van der Waals surface area contributed by atoms with E-state index < -0.39 is 5.79 Å². The number of rotatable bonds is 22. The Labute approximate surface area is 476 Å². The lowest BCUT2D eigenvalue weighted by molar-refractivity contribution is -0.150. The fraction of sp³-hybridized carbons (Fsp3) is 0.970. The Morgan fingerprint density at radius 2 is 1.27 bits per heavy atom. The molecule has 0 aromatic rings. The molecule has 5 aliphatic heterocycles. The molecule has 11 aliphatic rings. The second-order valence-electron chi connectivity index (χ2n) is 25.9. The standard InChI is InChI=1S/C11H20O.C10H16.C9H18O2.C9H16.C8H16O3.C7H14O.C6H12O2.C6H12O.CH4/c1-4-8(2)9-5-6-11(3)10(7-9)12-11;1-2-6-3-7-4-8(6)10-5-9(7)10;1-3-5-10-6-9(4-2)7-11-8-9;1-2-7-3-4-8-6-9(8)5-7;1-4-9-5-7-6-10-8(2,3)11-7;1-3-7(4-2)5-8-6-7;1-2-3-7-4-6-5-8-6;1-3-5-6-7-4-2;/h8-10H,4-7H2,1-3H3;6-10H,2-5H2,1H3;3-8H2,1-2H3;7-9H,2-6H2,1H3;7H,4-6H2,1-3H3;3-6H2,1-2H3;6H,2-5H2,1H3;4H,2-3,5-6H2,1H3;1H4. The molecule has 6 aliphatic carbocycles. The number of epoxide rings is 2. The molecule has 5 saturated heterocycles. The number of unbranched alkanes of at least 4 members (excludes halogenated alkanes) is 1. The normalized spacial score (nSPS) is 34.5. The summed E-state index contributed by atoms with van der Waals surface area (Å²) in [6.45, 7) is 44.9. The third-order valence-corrected chi connectivity index (χ3v) is 19.6. The zero-order chi connectivity index (χ0) is 55.6. The van der Waals surface area contributed by atoms with Gasteiger partial charge in [0.05, 0.1) is 84.0 Å². The fourth-order valence-electron chi connectivity index (χ4n) is 12.8. The lowest BCUT2D eigenvalue weighted by atomic mass is 9.76. The van der Waals surface area contributed by atoms with Gasteiger partial charge in [0.2, 0.25) is 0 Å². The summed E-state index contributed by atoms with van der Waals surface area (Å²) in [4.78, 5) is 0. The van der Waals surface area contributed by atoms with Crippen molar-refractivity contribution in [1.29, 1.82) is 0 Å². The van der Waals surface area contributed by atoms with Gasteiger partial charge in [-0.15, -0.1) is 0 Å². The van der Waals surface area contributed by atoms with E-state index in [1.807, 2.05) is 20.8 Å². The van der Waals surface area contributed by atoms with Gasteiger partial charge >= 0.3 is 0 Å². The highest BCUT2D eigenvalue weighted by molar-refractivity contribution is 5.09. The zero-order valence-corrected chi connectivity index (χ0v) is 52.2. The number of hydrogen-bond acceptors (Lipinski definition) is 10. The smallest absolute Gasteiger partial charge is 0.163 e. The van der Waals surface area contributed by atoms with Crippen molar-refractivity contribution < 1.29 is 47.4 Å². The molecule has 0 radical (unpaired) electrons. The third-order valence-electron chi connectivity index (χ3n) is 19.6. The van der Waals surface area contributed by atoms with Gasteiger partial charge in [-0.3, -0.25) is 0 Å². The fourth-order valence-corrected chi connectivity index (χ4v) is 12.8. The van der Waals surface area contributed by atoms with Gasteiger partial charge in [-0.2, -0.15) is 0 Å². The molecular formula is C67H128O10. The van der Waals surface area contributed by atoms with Gasteiger partial charge in [0, 0.05) is 30.7 Å². The highest BCUT2D eigenvalue weighted by atomic mass is 16.7. The van der Waals surface area contributed by atoms with Gasteiger partial charge in [0.25, 0.3) is 0 Å². The van der Waals surface area contributed by atoms with Crippen LogP contribution in [0.25, 0.3) is 0 Å². The third kappa shape index (κ3) is 24.9. The van der Waals surface area contributed by atoms with Crippen LogP contribution < -0.4 is 0 Å². The van der Waals surface area contributed by atoms with Crippen molar-refractivity contribution >= 4 is 0 Å². The quantitative estimate of drug-likeness (QED) is 0.0592. The van der Waals surface area contributed by atoms with Gasteiger partial charge in [0.15, 0.2) is 5.79 Å². The Bertz CT molecular complexity index is 1480. The molecule has 14 unspecified atom stereocenters. The van der Waals surface area contributed by atoms with Crippen LogP contribution in [0, 0.1) is 70.0 Å². The minimum Gasteiger partial charge on any atom is -0.502 e. The Hall–Kier alpha value is -0.820. The van der Waals surface area contributed by atoms with Crippen LogP contribution in [0.15, 0.2) is 12.8 Å². The van der Waals surface area contributed by atoms with Crippen molar-refractivity contribution in [1.82, 2.24) is 0 Å². The largest absolute Gasteiger partial charge is 0.502 e. The number of fused-ring (bicyclic) bond motifs is 7. The van der Waals surface area contributed by atoms with E-state index >= 15 is 0 Å². The van der Waals surface area contributed by atoms with Crippen molar-refractivity contribution in [3.05, 3.63) is 12.8 Å². The van der Waals surface area contributed by atoms with Crippen LogP contribution in [0.4, 0.5) is 0 Å². The molecule has 0 aromatic carbocycles. The maximum atomic E-state index is 5.69. The maximum Gasteiger partial charge on any atom is 0.163 e. The van der Waals surface area contributed by atoms with Gasteiger partial charge in [0.1, 0.15) is 12.2 Å². The van der Waals surface area contributed by atoms with E-state index in [9.17, 15) is 0 Å². The molecule has 2 bridgehead atoms. The molecular weight excluding hydrogens is 965 g/mol. The molecule has 11 fully saturated rings. The first-order valence-corrected chi connectivity index (χ1v) is 32.3. The lowest BCUT2D eigenvalue weighted by Gasteiger charge is -2.40. The molecule has 10 heteroatoms. The monoisotopic (exact) mass is 1090 g/mol. The van der Waals surface area contributed by atoms with Crippen molar-refractivity contribution in [3.63, 3.8) is 0 Å². The second kappa shape index (κ2) is 36.7. The predicted molar refractivity (Wildman–Crippen MR) is 319 cm³/mol. The summed E-state index contributed by atoms with van der Waals surface area (Å²) in [5.74, 6) is 10.9. The summed E-state index contributed by atoms with van der Waals surface area (Å²) in [6.07, 6.45) is 30.2. The van der Waals surface area contributed by atoms with E-state index in [1.165, 1.54) is 112 Å². The average molecular weight is 1090 g/mol. The van der Waals surface area contributed by atoms with E-state index in [0.717, 1.165) is 116 Å². The minimum absolute atomic E-state index is 0. The van der Waals surface area contributed by atoms with Crippen LogP contribution in [0.2, 0.25) is 0 Å². The summed E-state index contributed by atoms with van der Waals surface area (Å²) in [7, 11) is 0. The van der Waals surface area contributed by atoms with Crippen molar-refractivity contribution in [3.8, 4) is 0 Å². The topological polar surface area (TPSA) is 98.9 Å². The minimum atomic E-state index is -0.415. The first-order valence-electron chi connectivity index (χ1n) is 32.3. The highest BCUT2D eigenvalue weighted by Gasteiger charge is 2.60. The molecule has 5 heterocycles. The molecule has 10 nitrogen and oxygen atoms in total. The second-order valence-corrected chi connectivity index (χ2v) is 25.9. The first kappa shape index (κ1) is 70.4. The summed E-state index contributed by atoms with van der Waals surface area (Å²) < 4.78 is 52.5. The Morgan fingerprint density at radius 3 is 1.73 bits per heavy atom. The van der Waals surface area contributed by atoms with Gasteiger partial charge < -0.3 is 47.4 Å². The Balaban J connectivity index is 0.000000232. The zero-order valence-electron chi connectivity index (χ0n) is 52.2. The highest BCUT2D eigenvalue weighted by Crippen LogP contribution is 2.68. The molecule has 77 heavy (non-hydrogen) atoms. The number of ether oxygens (including phenoxy) is 10. The van der Waals surface area contributed by atoms with Crippen LogP contribution in [-0.2, 0) is 47.4 Å². The van der Waals surface area contributed by atoms with Crippen LogP contribution in [0.3, 0.4) is 0 Å². The SMILES string of the molecule is C.C=COCCCC.CCC(C)C1CCC2(C)OC2C1.CCC1(CC)COC1.CCC1CC2CC1C1CC21.CCC1CCC2CC2C1.CCCOCC1(CC)COC1.CCCOCC1CO1.CCOCC1COC(C)(C)O1. The molecule has 0 spiro atoms. The van der Waals surface area contributed by atoms with Gasteiger partial charge in [-0.25, -0.2) is 0 Å². The van der Waals surface area contributed by atoms with Gasteiger partial charge in [-0.1, -0.05) is 115 Å². The van der Waals surface area contributed by atoms with Crippen LogP contribution in [0.5, 0.6) is 0 Å². The summed E-state index contributed by atoms with van der Waals surface area (Å²) in [5.41, 5.74) is 1.26. The van der Waals surface area contributed by atoms with Crippen molar-refractivity contribution in [2.24, 2.45) is 70.0 Å². The van der Waals surface area contributed by atoms with E-state index in [-0.39, 0.29) is 13.5 Å². The molecule has 0 aromatic heterocycles. The molecule has 0 N–H and O–H groups in total. The molecule has 0 amide bonds. The maximum absolute atomic E-state index is 5.69. The van der Waals surface area contributed by atoms with Crippen LogP contribution in [-0.4, -0.2) is 116 Å². The van der Waals surface area contributed by atoms with Crippen molar-refractivity contribution in [2.45, 2.75) is 262 Å². The van der Waals surface area contributed by atoms with Crippen molar-refractivity contribution in [2.75, 3.05) is 85.9 Å². The molecule has 14 atom stereocenters. The molecule has 11 rings (SSSR count). The predicted octanol–water partition coefficient (Wildman–Crippen LogP) is 16.7. The van der Waals surface area contributed by atoms with Crippen LogP contribution >= 0.6 is 0 Å². The average Bonchev–Trinajstić information content (AvgIpc) is 4.31. The summed E-state index contributed by atoms with van der Waals surface area (Å²) in [6, 6.07) is 0. The summed E-state index contributed by atoms with van der Waals surface area (Å²) >= 11 is 0.